The minimum absolute atomic E-state index is 0.166. The molecule has 0 bridgehead atoms. The number of rotatable bonds is 8. The lowest BCUT2D eigenvalue weighted by atomic mass is 10.1. The smallest absolute Gasteiger partial charge is 0.0519 e. The van der Waals surface area contributed by atoms with Crippen LogP contribution in [0.2, 0.25) is 0 Å². The van der Waals surface area contributed by atoms with E-state index < -0.39 is 0 Å². The highest BCUT2D eigenvalue weighted by molar-refractivity contribution is 7.10. The highest BCUT2D eigenvalue weighted by Gasteiger charge is 2.15. The molecular formula is C14H26N2S. The Morgan fingerprint density at radius 2 is 2.12 bits per heavy atom. The number of nitrogens with two attached hydrogens (primary N) is 1. The van der Waals surface area contributed by atoms with Crippen LogP contribution >= 0.6 is 11.3 Å². The second-order valence-electron chi connectivity index (χ2n) is 4.92. The van der Waals surface area contributed by atoms with Gasteiger partial charge in [0.05, 0.1) is 6.04 Å². The zero-order valence-electron chi connectivity index (χ0n) is 11.4. The van der Waals surface area contributed by atoms with Crippen molar-refractivity contribution in [2.45, 2.75) is 52.1 Å². The van der Waals surface area contributed by atoms with Crippen molar-refractivity contribution in [2.75, 3.05) is 13.1 Å². The highest BCUT2D eigenvalue weighted by Crippen LogP contribution is 2.18. The number of nitrogens with zero attached hydrogens (tertiary/aromatic N) is 1. The molecule has 0 aliphatic rings. The van der Waals surface area contributed by atoms with Gasteiger partial charge in [-0.2, -0.15) is 0 Å². The van der Waals surface area contributed by atoms with Gasteiger partial charge >= 0.3 is 0 Å². The first-order valence-corrected chi connectivity index (χ1v) is 7.56. The van der Waals surface area contributed by atoms with E-state index >= 15 is 0 Å². The average molecular weight is 254 g/mol. The van der Waals surface area contributed by atoms with Crippen LogP contribution in [0.25, 0.3) is 0 Å². The fraction of sp³-hybridized carbons (Fsp3) is 0.714. The van der Waals surface area contributed by atoms with Crippen molar-refractivity contribution in [2.24, 2.45) is 5.73 Å². The Balaban J connectivity index is 2.43. The molecule has 17 heavy (non-hydrogen) atoms. The normalized spacial score (nSPS) is 13.5. The van der Waals surface area contributed by atoms with Crippen molar-refractivity contribution >= 4 is 11.3 Å². The molecule has 0 aromatic carbocycles. The van der Waals surface area contributed by atoms with Crippen molar-refractivity contribution in [3.8, 4) is 0 Å². The second-order valence-corrected chi connectivity index (χ2v) is 5.90. The van der Waals surface area contributed by atoms with Gasteiger partial charge in [-0.15, -0.1) is 11.3 Å². The fourth-order valence-corrected chi connectivity index (χ4v) is 2.69. The van der Waals surface area contributed by atoms with Crippen molar-refractivity contribution in [1.29, 1.82) is 0 Å². The number of hydrogen-bond acceptors (Lipinski definition) is 3. The van der Waals surface area contributed by atoms with Gasteiger partial charge in [-0.3, -0.25) is 4.90 Å². The van der Waals surface area contributed by atoms with Gasteiger partial charge in [-0.1, -0.05) is 25.8 Å². The third kappa shape index (κ3) is 5.19. The Bertz CT molecular complexity index is 282. The first-order valence-electron chi connectivity index (χ1n) is 6.68. The molecular weight excluding hydrogens is 228 g/mol. The summed E-state index contributed by atoms with van der Waals surface area (Å²) >= 11 is 1.76. The Morgan fingerprint density at radius 1 is 1.35 bits per heavy atom. The maximum Gasteiger partial charge on any atom is 0.0519 e. The molecule has 2 nitrogen and oxygen atoms in total. The molecule has 0 amide bonds. The van der Waals surface area contributed by atoms with Crippen LogP contribution < -0.4 is 5.73 Å². The molecule has 1 aromatic heterocycles. The molecule has 2 N–H and O–H groups in total. The minimum Gasteiger partial charge on any atom is -0.322 e. The summed E-state index contributed by atoms with van der Waals surface area (Å²) in [4.78, 5) is 3.80. The van der Waals surface area contributed by atoms with E-state index in [9.17, 15) is 0 Å². The lowest BCUT2D eigenvalue weighted by Crippen LogP contribution is -2.37. The monoisotopic (exact) mass is 254 g/mol. The van der Waals surface area contributed by atoms with Crippen LogP contribution in [0.3, 0.4) is 0 Å². The topological polar surface area (TPSA) is 29.3 Å². The predicted molar refractivity (Wildman–Crippen MR) is 77.5 cm³/mol. The molecule has 0 saturated carbocycles. The molecule has 1 atom stereocenters. The van der Waals surface area contributed by atoms with Crippen LogP contribution in [0.1, 0.15) is 51.0 Å². The van der Waals surface area contributed by atoms with Crippen molar-refractivity contribution in [1.82, 2.24) is 4.90 Å². The molecule has 1 heterocycles. The van der Waals surface area contributed by atoms with E-state index in [1.54, 1.807) is 11.3 Å². The molecule has 1 unspecified atom stereocenters. The Kier molecular flexibility index (Phi) is 6.78. The Labute approximate surface area is 110 Å². The zero-order valence-corrected chi connectivity index (χ0v) is 12.2. The van der Waals surface area contributed by atoms with E-state index in [2.05, 4.69) is 43.2 Å². The van der Waals surface area contributed by atoms with Gasteiger partial charge in [-0.05, 0) is 38.3 Å². The second kappa shape index (κ2) is 7.85. The van der Waals surface area contributed by atoms with E-state index in [0.717, 1.165) is 6.54 Å². The standard InChI is InChI=1S/C14H26N2S/c1-4-5-6-9-16(12(2)3)11-13(15)14-8-7-10-17-14/h7-8,10,12-13H,4-6,9,11,15H2,1-3H3. The third-order valence-corrected chi connectivity index (χ3v) is 4.12. The summed E-state index contributed by atoms with van der Waals surface area (Å²) in [7, 11) is 0. The molecule has 1 rings (SSSR count). The van der Waals surface area contributed by atoms with Crippen LogP contribution in [-0.2, 0) is 0 Å². The van der Waals surface area contributed by atoms with Crippen LogP contribution in [0.4, 0.5) is 0 Å². The van der Waals surface area contributed by atoms with Crippen LogP contribution in [-0.4, -0.2) is 24.0 Å². The zero-order chi connectivity index (χ0) is 12.7. The quantitative estimate of drug-likeness (QED) is 0.718. The number of thiophene rings is 1. The first-order chi connectivity index (χ1) is 8.15. The summed E-state index contributed by atoms with van der Waals surface area (Å²) in [5.41, 5.74) is 6.25. The van der Waals surface area contributed by atoms with Crippen LogP contribution in [0.15, 0.2) is 17.5 Å². The number of hydrogen-bond donors (Lipinski definition) is 1. The molecule has 0 saturated heterocycles. The van der Waals surface area contributed by atoms with Gasteiger partial charge in [0.1, 0.15) is 0 Å². The number of unbranched alkanes of at least 4 members (excludes halogenated alkanes) is 2. The van der Waals surface area contributed by atoms with Crippen LogP contribution in [0.5, 0.6) is 0 Å². The first kappa shape index (κ1) is 14.7. The molecule has 3 heteroatoms. The molecule has 0 aliphatic carbocycles. The third-order valence-electron chi connectivity index (χ3n) is 3.12. The molecule has 0 aliphatic heterocycles. The summed E-state index contributed by atoms with van der Waals surface area (Å²) in [5.74, 6) is 0. The fourth-order valence-electron chi connectivity index (χ4n) is 1.97. The van der Waals surface area contributed by atoms with E-state index in [1.807, 2.05) is 0 Å². The van der Waals surface area contributed by atoms with Gasteiger partial charge in [0, 0.05) is 17.5 Å². The Hall–Kier alpha value is -0.380. The van der Waals surface area contributed by atoms with Gasteiger partial charge in [0.25, 0.3) is 0 Å². The lowest BCUT2D eigenvalue weighted by molar-refractivity contribution is 0.205. The van der Waals surface area contributed by atoms with E-state index in [4.69, 9.17) is 5.73 Å². The van der Waals surface area contributed by atoms with Gasteiger partial charge in [0.2, 0.25) is 0 Å². The van der Waals surface area contributed by atoms with Crippen LogP contribution in [0, 0.1) is 0 Å². The Morgan fingerprint density at radius 3 is 2.65 bits per heavy atom. The average Bonchev–Trinajstić information content (AvgIpc) is 2.81. The van der Waals surface area contributed by atoms with Gasteiger partial charge in [0.15, 0.2) is 0 Å². The van der Waals surface area contributed by atoms with Crippen molar-refractivity contribution in [3.63, 3.8) is 0 Å². The molecule has 0 radical (unpaired) electrons. The lowest BCUT2D eigenvalue weighted by Gasteiger charge is -2.28. The molecule has 0 fully saturated rings. The molecule has 0 spiro atoms. The summed E-state index contributed by atoms with van der Waals surface area (Å²) < 4.78 is 0. The van der Waals surface area contributed by atoms with E-state index in [0.29, 0.717) is 6.04 Å². The minimum atomic E-state index is 0.166. The maximum atomic E-state index is 6.25. The SMILES string of the molecule is CCCCCN(CC(N)c1cccs1)C(C)C. The molecule has 1 aromatic rings. The summed E-state index contributed by atoms with van der Waals surface area (Å²) in [6, 6.07) is 4.97. The summed E-state index contributed by atoms with van der Waals surface area (Å²) in [5, 5.41) is 2.10. The summed E-state index contributed by atoms with van der Waals surface area (Å²) in [6.45, 7) is 8.91. The van der Waals surface area contributed by atoms with E-state index in [-0.39, 0.29) is 6.04 Å². The largest absolute Gasteiger partial charge is 0.322 e. The maximum absolute atomic E-state index is 6.25. The summed E-state index contributed by atoms with van der Waals surface area (Å²) in [6.07, 6.45) is 3.88. The highest BCUT2D eigenvalue weighted by atomic mass is 32.1. The van der Waals surface area contributed by atoms with Gasteiger partial charge in [-0.25, -0.2) is 0 Å². The van der Waals surface area contributed by atoms with Gasteiger partial charge < -0.3 is 5.73 Å². The molecule has 98 valence electrons. The van der Waals surface area contributed by atoms with E-state index in [1.165, 1.54) is 30.7 Å². The predicted octanol–water partition coefficient (Wildman–Crippen LogP) is 3.65. The van der Waals surface area contributed by atoms with Crippen molar-refractivity contribution < 1.29 is 0 Å². The van der Waals surface area contributed by atoms with Crippen molar-refractivity contribution in [3.05, 3.63) is 22.4 Å².